The second-order valence-corrected chi connectivity index (χ2v) is 9.32. The van der Waals surface area contributed by atoms with Gasteiger partial charge in [0.05, 0.1) is 28.5 Å². The summed E-state index contributed by atoms with van der Waals surface area (Å²) < 4.78 is 15.0. The molecule has 2 fully saturated rings. The first-order valence-corrected chi connectivity index (χ1v) is 11.8. The number of benzene rings is 1. The molecule has 1 aliphatic heterocycles. The average molecular weight is 456 g/mol. The zero-order valence-electron chi connectivity index (χ0n) is 18.0. The zero-order valence-corrected chi connectivity index (χ0v) is 18.7. The van der Waals surface area contributed by atoms with E-state index in [1.807, 2.05) is 12.1 Å². The molecule has 3 heterocycles. The lowest BCUT2D eigenvalue weighted by molar-refractivity contribution is 0.0653. The summed E-state index contributed by atoms with van der Waals surface area (Å²) >= 11 is 6.51. The highest BCUT2D eigenvalue weighted by molar-refractivity contribution is 6.37. The molecule has 0 atom stereocenters. The van der Waals surface area contributed by atoms with Gasteiger partial charge in [-0.15, -0.1) is 0 Å². The SMILES string of the molecule is O=C(NCC1(N2CCCC2)CCCCC1)c1cn(-c2ncc(F)cn2)c2cccc(Cl)c12. The number of carbonyl (C=O) groups excluding carboxylic acids is 1. The summed E-state index contributed by atoms with van der Waals surface area (Å²) in [6, 6.07) is 5.44. The average Bonchev–Trinajstić information content (AvgIpc) is 3.48. The van der Waals surface area contributed by atoms with E-state index in [0.29, 0.717) is 34.0 Å². The molecule has 1 aliphatic carbocycles. The third-order valence-electron chi connectivity index (χ3n) is 6.98. The van der Waals surface area contributed by atoms with Gasteiger partial charge in [-0.05, 0) is 50.9 Å². The van der Waals surface area contributed by atoms with Crippen molar-refractivity contribution < 1.29 is 9.18 Å². The highest BCUT2D eigenvalue weighted by Crippen LogP contribution is 2.36. The fourth-order valence-electron chi connectivity index (χ4n) is 5.36. The number of carbonyl (C=O) groups is 1. The van der Waals surface area contributed by atoms with E-state index in [-0.39, 0.29) is 11.4 Å². The summed E-state index contributed by atoms with van der Waals surface area (Å²) in [5.41, 5.74) is 1.24. The van der Waals surface area contributed by atoms with Crippen molar-refractivity contribution in [3.63, 3.8) is 0 Å². The molecule has 168 valence electrons. The van der Waals surface area contributed by atoms with Gasteiger partial charge in [0, 0.05) is 23.7 Å². The number of hydrogen-bond acceptors (Lipinski definition) is 4. The molecule has 1 amide bonds. The Morgan fingerprint density at radius 3 is 2.53 bits per heavy atom. The second-order valence-electron chi connectivity index (χ2n) is 8.91. The maximum absolute atomic E-state index is 13.4. The smallest absolute Gasteiger partial charge is 0.253 e. The molecule has 5 rings (SSSR count). The molecule has 3 aromatic rings. The molecule has 1 N–H and O–H groups in total. The van der Waals surface area contributed by atoms with E-state index in [2.05, 4.69) is 20.2 Å². The van der Waals surface area contributed by atoms with Crippen LogP contribution in [-0.4, -0.2) is 50.5 Å². The predicted molar refractivity (Wildman–Crippen MR) is 123 cm³/mol. The Balaban J connectivity index is 1.46. The van der Waals surface area contributed by atoms with Crippen LogP contribution < -0.4 is 5.32 Å². The van der Waals surface area contributed by atoms with E-state index in [0.717, 1.165) is 38.3 Å². The van der Waals surface area contributed by atoms with E-state index >= 15 is 0 Å². The number of halogens is 2. The standard InChI is InChI=1S/C24H27ClFN5O/c25-19-7-6-8-20-21(19)18(15-31(20)23-27-13-17(26)14-28-23)22(32)29-16-24(9-2-1-3-10-24)30-11-4-5-12-30/h6-8,13-15H,1-5,9-12,16H2,(H,29,32). The molecule has 0 unspecified atom stereocenters. The van der Waals surface area contributed by atoms with E-state index in [4.69, 9.17) is 11.6 Å². The normalized spacial score (nSPS) is 18.8. The highest BCUT2D eigenvalue weighted by atomic mass is 35.5. The van der Waals surface area contributed by atoms with Crippen molar-refractivity contribution in [2.45, 2.75) is 50.5 Å². The van der Waals surface area contributed by atoms with Gasteiger partial charge in [0.25, 0.3) is 5.91 Å². The van der Waals surface area contributed by atoms with Gasteiger partial charge in [-0.1, -0.05) is 36.9 Å². The van der Waals surface area contributed by atoms with Crippen LogP contribution in [0.3, 0.4) is 0 Å². The molecule has 32 heavy (non-hydrogen) atoms. The topological polar surface area (TPSA) is 63.1 Å². The molecule has 1 saturated heterocycles. The van der Waals surface area contributed by atoms with Crippen LogP contribution in [0.5, 0.6) is 0 Å². The monoisotopic (exact) mass is 455 g/mol. The number of rotatable bonds is 5. The van der Waals surface area contributed by atoms with Crippen LogP contribution >= 0.6 is 11.6 Å². The van der Waals surface area contributed by atoms with E-state index in [1.54, 1.807) is 16.8 Å². The molecule has 6 nitrogen and oxygen atoms in total. The van der Waals surface area contributed by atoms with Gasteiger partial charge < -0.3 is 5.32 Å². The minimum absolute atomic E-state index is 0.0483. The van der Waals surface area contributed by atoms with Crippen molar-refractivity contribution in [2.24, 2.45) is 0 Å². The van der Waals surface area contributed by atoms with Gasteiger partial charge in [-0.2, -0.15) is 0 Å². The van der Waals surface area contributed by atoms with Crippen molar-refractivity contribution in [3.05, 3.63) is 53.2 Å². The van der Waals surface area contributed by atoms with Gasteiger partial charge >= 0.3 is 0 Å². The van der Waals surface area contributed by atoms with Crippen LogP contribution in [0.1, 0.15) is 55.3 Å². The summed E-state index contributed by atoms with van der Waals surface area (Å²) in [4.78, 5) is 24.2. The highest BCUT2D eigenvalue weighted by Gasteiger charge is 2.39. The van der Waals surface area contributed by atoms with Crippen molar-refractivity contribution in [1.82, 2.24) is 24.8 Å². The first kappa shape index (κ1) is 21.3. The number of hydrogen-bond donors (Lipinski definition) is 1. The van der Waals surface area contributed by atoms with E-state index < -0.39 is 5.82 Å². The van der Waals surface area contributed by atoms with Crippen LogP contribution in [-0.2, 0) is 0 Å². The van der Waals surface area contributed by atoms with Crippen molar-refractivity contribution in [1.29, 1.82) is 0 Å². The molecule has 0 spiro atoms. The van der Waals surface area contributed by atoms with Gasteiger partial charge in [-0.25, -0.2) is 14.4 Å². The minimum Gasteiger partial charge on any atom is -0.350 e. The number of nitrogens with one attached hydrogen (secondary N) is 1. The van der Waals surface area contributed by atoms with Crippen LogP contribution in [0.25, 0.3) is 16.9 Å². The molecule has 0 radical (unpaired) electrons. The first-order valence-electron chi connectivity index (χ1n) is 11.4. The Bertz CT molecular complexity index is 1120. The Hall–Kier alpha value is -2.51. The molecular weight excluding hydrogens is 429 g/mol. The fraction of sp³-hybridized carbons (Fsp3) is 0.458. The number of nitrogens with zero attached hydrogens (tertiary/aromatic N) is 4. The lowest BCUT2D eigenvalue weighted by Crippen LogP contribution is -2.55. The largest absolute Gasteiger partial charge is 0.350 e. The second kappa shape index (κ2) is 8.79. The van der Waals surface area contributed by atoms with Gasteiger partial charge in [0.15, 0.2) is 5.82 Å². The Morgan fingerprint density at radius 2 is 1.81 bits per heavy atom. The number of aromatic nitrogens is 3. The van der Waals surface area contributed by atoms with E-state index in [1.165, 1.54) is 32.1 Å². The van der Waals surface area contributed by atoms with Gasteiger partial charge in [0.2, 0.25) is 5.95 Å². The summed E-state index contributed by atoms with van der Waals surface area (Å²) in [7, 11) is 0. The number of fused-ring (bicyclic) bond motifs is 1. The lowest BCUT2D eigenvalue weighted by Gasteiger charge is -2.45. The maximum Gasteiger partial charge on any atom is 0.253 e. The van der Waals surface area contributed by atoms with E-state index in [9.17, 15) is 9.18 Å². The lowest BCUT2D eigenvalue weighted by atomic mass is 9.80. The fourth-order valence-corrected chi connectivity index (χ4v) is 5.63. The van der Waals surface area contributed by atoms with Gasteiger partial charge in [0.1, 0.15) is 0 Å². The summed E-state index contributed by atoms with van der Waals surface area (Å²) in [6.07, 6.45) is 12.3. The molecular formula is C24H27ClFN5O. The van der Waals surface area contributed by atoms with Gasteiger partial charge in [-0.3, -0.25) is 14.3 Å². The molecule has 8 heteroatoms. The van der Waals surface area contributed by atoms with Crippen molar-refractivity contribution >= 4 is 28.4 Å². The Kier molecular flexibility index (Phi) is 5.86. The molecule has 1 saturated carbocycles. The minimum atomic E-state index is -0.513. The predicted octanol–water partition coefficient (Wildman–Crippen LogP) is 4.74. The van der Waals surface area contributed by atoms with Crippen molar-refractivity contribution in [2.75, 3.05) is 19.6 Å². The summed E-state index contributed by atoms with van der Waals surface area (Å²) in [5, 5.41) is 4.36. The first-order chi connectivity index (χ1) is 15.6. The number of likely N-dealkylation sites (tertiary alicyclic amines) is 1. The maximum atomic E-state index is 13.4. The number of amides is 1. The summed E-state index contributed by atoms with van der Waals surface area (Å²) in [5.74, 6) is -0.382. The molecule has 2 aromatic heterocycles. The third kappa shape index (κ3) is 3.88. The quantitative estimate of drug-likeness (QED) is 0.603. The Labute approximate surface area is 191 Å². The molecule has 2 aliphatic rings. The molecule has 1 aromatic carbocycles. The van der Waals surface area contributed by atoms with Crippen LogP contribution in [0, 0.1) is 5.82 Å². The van der Waals surface area contributed by atoms with Crippen molar-refractivity contribution in [3.8, 4) is 5.95 Å². The molecule has 0 bridgehead atoms. The van der Waals surface area contributed by atoms with Crippen LogP contribution in [0.15, 0.2) is 36.8 Å². The third-order valence-corrected chi connectivity index (χ3v) is 7.30. The van der Waals surface area contributed by atoms with Crippen LogP contribution in [0.2, 0.25) is 5.02 Å². The zero-order chi connectivity index (χ0) is 22.1. The Morgan fingerprint density at radius 1 is 1.09 bits per heavy atom. The summed E-state index contributed by atoms with van der Waals surface area (Å²) in [6.45, 7) is 2.86. The van der Waals surface area contributed by atoms with Crippen LogP contribution in [0.4, 0.5) is 4.39 Å².